The van der Waals surface area contributed by atoms with Crippen LogP contribution in [-0.2, 0) is 24.4 Å². The van der Waals surface area contributed by atoms with Crippen molar-refractivity contribution in [3.8, 4) is 0 Å². The molecule has 0 amide bonds. The summed E-state index contributed by atoms with van der Waals surface area (Å²) < 4.78 is 38.4. The average Bonchev–Trinajstić information content (AvgIpc) is 2.70. The largest absolute Gasteiger partial charge is 0.495 e. The zero-order valence-electron chi connectivity index (χ0n) is 16.7. The molecule has 140 valence electrons. The van der Waals surface area contributed by atoms with Crippen molar-refractivity contribution in [2.45, 2.75) is 72.2 Å². The fourth-order valence-corrected chi connectivity index (χ4v) is 2.82. The van der Waals surface area contributed by atoms with Crippen LogP contribution in [0.15, 0.2) is 12.1 Å². The Morgan fingerprint density at radius 3 is 2.20 bits per heavy atom. The molecule has 4 nitrogen and oxygen atoms in total. The summed E-state index contributed by atoms with van der Waals surface area (Å²) in [6.07, 6.45) is 0. The van der Waals surface area contributed by atoms with E-state index in [9.17, 15) is 0 Å². The van der Waals surface area contributed by atoms with E-state index < -0.39 is 23.9 Å². The Labute approximate surface area is 151 Å². The van der Waals surface area contributed by atoms with E-state index >= 15 is 4.39 Å². The summed E-state index contributed by atoms with van der Waals surface area (Å²) in [4.78, 5) is 0. The van der Waals surface area contributed by atoms with Crippen LogP contribution in [0.4, 0.5) is 4.39 Å². The first-order valence-corrected chi connectivity index (χ1v) is 8.80. The van der Waals surface area contributed by atoms with Gasteiger partial charge < -0.3 is 18.8 Å². The highest BCUT2D eigenvalue weighted by atomic mass is 19.1. The summed E-state index contributed by atoms with van der Waals surface area (Å²) in [6.45, 7) is 15.8. The van der Waals surface area contributed by atoms with E-state index in [-0.39, 0.29) is 12.6 Å². The summed E-state index contributed by atoms with van der Waals surface area (Å²) in [6, 6.07) is 3.61. The van der Waals surface area contributed by atoms with Crippen molar-refractivity contribution >= 4 is 12.6 Å². The van der Waals surface area contributed by atoms with Crippen LogP contribution in [0.1, 0.15) is 59.6 Å². The Morgan fingerprint density at radius 2 is 1.68 bits per heavy atom. The third-order valence-electron chi connectivity index (χ3n) is 5.18. The van der Waals surface area contributed by atoms with E-state index in [1.54, 1.807) is 13.0 Å². The highest BCUT2D eigenvalue weighted by molar-refractivity contribution is 6.62. The summed E-state index contributed by atoms with van der Waals surface area (Å²) in [5, 5.41) is 0. The molecule has 0 aliphatic carbocycles. The van der Waals surface area contributed by atoms with Crippen LogP contribution in [0, 0.1) is 12.7 Å². The molecule has 0 saturated carbocycles. The molecular weight excluding hydrogens is 322 g/mol. The molecule has 0 atom stereocenters. The lowest BCUT2D eigenvalue weighted by atomic mass is 9.71. The lowest BCUT2D eigenvalue weighted by molar-refractivity contribution is -0.129. The predicted octanol–water partition coefficient (Wildman–Crippen LogP) is 3.68. The molecule has 0 unspecified atom stereocenters. The number of benzene rings is 1. The van der Waals surface area contributed by atoms with E-state index in [0.29, 0.717) is 23.2 Å². The molecule has 25 heavy (non-hydrogen) atoms. The molecule has 1 aromatic carbocycles. The van der Waals surface area contributed by atoms with E-state index in [2.05, 4.69) is 0 Å². The van der Waals surface area contributed by atoms with Crippen molar-refractivity contribution in [1.29, 1.82) is 0 Å². The van der Waals surface area contributed by atoms with Gasteiger partial charge in [0.05, 0.1) is 16.8 Å². The minimum atomic E-state index is -0.885. The maximum absolute atomic E-state index is 15.1. The first-order chi connectivity index (χ1) is 11.4. The van der Waals surface area contributed by atoms with E-state index in [1.807, 2.05) is 54.5 Å². The Kier molecular flexibility index (Phi) is 5.69. The Bertz CT molecular complexity index is 612. The van der Waals surface area contributed by atoms with Crippen LogP contribution < -0.4 is 5.46 Å². The SMILES string of the molecule is CCOCOC(C)(C)c1c(B2OC(C)(C)C(C)(C)O2)ccc(C)c1F. The highest BCUT2D eigenvalue weighted by Gasteiger charge is 2.53. The minimum absolute atomic E-state index is 0.0969. The molecule has 0 N–H and O–H groups in total. The van der Waals surface area contributed by atoms with Gasteiger partial charge in [0.2, 0.25) is 0 Å². The number of aryl methyl sites for hydroxylation is 1. The van der Waals surface area contributed by atoms with E-state index in [4.69, 9.17) is 18.8 Å². The Morgan fingerprint density at radius 1 is 1.12 bits per heavy atom. The van der Waals surface area contributed by atoms with Gasteiger partial charge in [-0.15, -0.1) is 0 Å². The van der Waals surface area contributed by atoms with Gasteiger partial charge in [-0.3, -0.25) is 0 Å². The molecule has 2 rings (SSSR count). The molecule has 1 aliphatic rings. The van der Waals surface area contributed by atoms with Gasteiger partial charge in [-0.05, 0) is 66.4 Å². The average molecular weight is 352 g/mol. The van der Waals surface area contributed by atoms with Gasteiger partial charge in [-0.1, -0.05) is 12.1 Å². The molecule has 1 saturated heterocycles. The first kappa shape index (κ1) is 20.4. The second-order valence-corrected chi connectivity index (χ2v) is 8.01. The van der Waals surface area contributed by atoms with Crippen molar-refractivity contribution in [2.24, 2.45) is 0 Å². The summed E-state index contributed by atoms with van der Waals surface area (Å²) in [5.74, 6) is -0.297. The maximum atomic E-state index is 15.1. The lowest BCUT2D eigenvalue weighted by Gasteiger charge is -2.32. The molecule has 0 radical (unpaired) electrons. The van der Waals surface area contributed by atoms with E-state index in [0.717, 1.165) is 0 Å². The zero-order valence-corrected chi connectivity index (χ0v) is 16.7. The molecule has 0 spiro atoms. The summed E-state index contributed by atoms with van der Waals surface area (Å²) in [7, 11) is -0.648. The van der Waals surface area contributed by atoms with Gasteiger partial charge in [-0.2, -0.15) is 0 Å². The van der Waals surface area contributed by atoms with Crippen LogP contribution in [0.2, 0.25) is 0 Å². The number of hydrogen-bond acceptors (Lipinski definition) is 4. The molecule has 6 heteroatoms. The topological polar surface area (TPSA) is 36.9 Å². The Hall–Kier alpha value is -0.945. The second kappa shape index (κ2) is 6.99. The predicted molar refractivity (Wildman–Crippen MR) is 97.5 cm³/mol. The fraction of sp³-hybridized carbons (Fsp3) is 0.684. The van der Waals surface area contributed by atoms with Crippen LogP contribution >= 0.6 is 0 Å². The second-order valence-electron chi connectivity index (χ2n) is 8.01. The van der Waals surface area contributed by atoms with Crippen molar-refractivity contribution in [1.82, 2.24) is 0 Å². The van der Waals surface area contributed by atoms with Crippen molar-refractivity contribution in [3.63, 3.8) is 0 Å². The number of ether oxygens (including phenoxy) is 2. The maximum Gasteiger partial charge on any atom is 0.495 e. The standard InChI is InChI=1S/C19H30BFO4/c1-9-22-12-23-17(3,4)15-14(11-10-13(2)16(15)21)20-24-18(5,6)19(7,8)25-20/h10-11H,9,12H2,1-8H3. The van der Waals surface area contributed by atoms with Crippen molar-refractivity contribution in [3.05, 3.63) is 29.1 Å². The van der Waals surface area contributed by atoms with Crippen molar-refractivity contribution in [2.75, 3.05) is 13.4 Å². The van der Waals surface area contributed by atoms with Crippen LogP contribution in [-0.4, -0.2) is 31.7 Å². The Balaban J connectivity index is 2.45. The van der Waals surface area contributed by atoms with Crippen molar-refractivity contribution < 1.29 is 23.2 Å². The molecule has 0 aromatic heterocycles. The number of halogens is 1. The molecule has 1 aromatic rings. The third kappa shape index (κ3) is 3.92. The monoisotopic (exact) mass is 352 g/mol. The molecule has 1 fully saturated rings. The van der Waals surface area contributed by atoms with Gasteiger partial charge >= 0.3 is 7.12 Å². The van der Waals surface area contributed by atoms with Crippen LogP contribution in [0.5, 0.6) is 0 Å². The lowest BCUT2D eigenvalue weighted by Crippen LogP contribution is -2.42. The minimum Gasteiger partial charge on any atom is -0.399 e. The van der Waals surface area contributed by atoms with Gasteiger partial charge in [-0.25, -0.2) is 4.39 Å². The fourth-order valence-electron chi connectivity index (χ4n) is 2.82. The smallest absolute Gasteiger partial charge is 0.399 e. The molecule has 0 bridgehead atoms. The van der Waals surface area contributed by atoms with E-state index in [1.165, 1.54) is 0 Å². The summed E-state index contributed by atoms with van der Waals surface area (Å²) >= 11 is 0. The van der Waals surface area contributed by atoms with Gasteiger partial charge in [0.1, 0.15) is 12.6 Å². The number of rotatable bonds is 6. The molecular formula is C19H30BFO4. The quantitative estimate of drug-likeness (QED) is 0.445. The van der Waals surface area contributed by atoms with Crippen LogP contribution in [0.3, 0.4) is 0 Å². The van der Waals surface area contributed by atoms with Crippen LogP contribution in [0.25, 0.3) is 0 Å². The molecule has 1 heterocycles. The normalized spacial score (nSPS) is 19.5. The third-order valence-corrected chi connectivity index (χ3v) is 5.18. The van der Waals surface area contributed by atoms with Gasteiger partial charge in [0.15, 0.2) is 0 Å². The first-order valence-electron chi connectivity index (χ1n) is 8.80. The highest BCUT2D eigenvalue weighted by Crippen LogP contribution is 2.38. The van der Waals surface area contributed by atoms with Gasteiger partial charge in [0, 0.05) is 12.2 Å². The molecule has 1 aliphatic heterocycles. The van der Waals surface area contributed by atoms with Gasteiger partial charge in [0.25, 0.3) is 0 Å². The number of hydrogen-bond donors (Lipinski definition) is 0. The zero-order chi connectivity index (χ0) is 19.0. The summed E-state index contributed by atoms with van der Waals surface area (Å²) in [5.41, 5.74) is -0.207.